The van der Waals surface area contributed by atoms with Crippen LogP contribution in [-0.4, -0.2) is 26.6 Å². The Bertz CT molecular complexity index is 995. The van der Waals surface area contributed by atoms with E-state index in [1.165, 1.54) is 5.56 Å². The van der Waals surface area contributed by atoms with Crippen molar-refractivity contribution >= 4 is 53.1 Å². The molecule has 2 N–H and O–H groups in total. The molecular weight excluding hydrogens is 534 g/mol. The average molecular weight is 561 g/mol. The van der Waals surface area contributed by atoms with E-state index in [0.717, 1.165) is 36.1 Å². The van der Waals surface area contributed by atoms with E-state index >= 15 is 0 Å². The lowest BCUT2D eigenvalue weighted by molar-refractivity contribution is 0.750. The quantitative estimate of drug-likeness (QED) is 0.249. The summed E-state index contributed by atoms with van der Waals surface area (Å²) in [7, 11) is 1.89. The topological polar surface area (TPSA) is 59.2 Å². The van der Waals surface area contributed by atoms with Gasteiger partial charge in [0.2, 0.25) is 0 Å². The minimum absolute atomic E-state index is 0. The van der Waals surface area contributed by atoms with Gasteiger partial charge in [0.15, 0.2) is 5.96 Å². The fraction of sp³-hybridized carbons (Fsp3) is 0.333. The summed E-state index contributed by atoms with van der Waals surface area (Å²) >= 11 is 12.2. The second-order valence-corrected chi connectivity index (χ2v) is 7.57. The molecule has 0 aliphatic heterocycles. The number of rotatable bonds is 7. The zero-order valence-electron chi connectivity index (χ0n) is 17.3. The number of hydrogen-bond acceptors (Lipinski definition) is 2. The van der Waals surface area contributed by atoms with Crippen LogP contribution in [0.2, 0.25) is 10.2 Å². The van der Waals surface area contributed by atoms with Crippen LogP contribution in [-0.2, 0) is 26.7 Å². The van der Waals surface area contributed by atoms with Gasteiger partial charge in [-0.3, -0.25) is 0 Å². The number of halogens is 3. The maximum absolute atomic E-state index is 6.14. The summed E-state index contributed by atoms with van der Waals surface area (Å²) < 4.78 is 3.99. The highest BCUT2D eigenvalue weighted by atomic mass is 127. The molecule has 0 atom stereocenters. The largest absolute Gasteiger partial charge is 0.357 e. The minimum atomic E-state index is 0. The van der Waals surface area contributed by atoms with E-state index in [0.29, 0.717) is 23.3 Å². The number of hydrogen-bond donors (Lipinski definition) is 2. The Balaban J connectivity index is 0.00000320. The monoisotopic (exact) mass is 560 g/mol. The van der Waals surface area contributed by atoms with Crippen molar-refractivity contribution in [3.8, 4) is 0 Å². The van der Waals surface area contributed by atoms with E-state index in [-0.39, 0.29) is 24.0 Å². The van der Waals surface area contributed by atoms with Gasteiger partial charge in [0.05, 0.1) is 18.1 Å². The van der Waals surface area contributed by atoms with Crippen molar-refractivity contribution in [1.29, 1.82) is 0 Å². The van der Waals surface area contributed by atoms with Crippen molar-refractivity contribution < 1.29 is 0 Å². The smallest absolute Gasteiger partial charge is 0.191 e. The standard InChI is InChI=1S/C21H26Cl2N6.HI/c1-4-24-21(27-13-18-11-19(22)20(23)28(18)3)26-12-16-6-5-7-17(10-16)14-29-9-8-25-15(29)2;/h5-11H,4,12-14H2,1-3H3,(H2,24,26,27);1H. The summed E-state index contributed by atoms with van der Waals surface area (Å²) in [5.41, 5.74) is 3.37. The average Bonchev–Trinajstić information content (AvgIpc) is 3.22. The molecule has 6 nitrogen and oxygen atoms in total. The number of aryl methyl sites for hydroxylation is 1. The van der Waals surface area contributed by atoms with Gasteiger partial charge >= 0.3 is 0 Å². The Morgan fingerprint density at radius 2 is 1.93 bits per heavy atom. The third kappa shape index (κ3) is 6.39. The van der Waals surface area contributed by atoms with E-state index in [9.17, 15) is 0 Å². The van der Waals surface area contributed by atoms with Crippen LogP contribution in [0.4, 0.5) is 0 Å². The molecule has 0 radical (unpaired) electrons. The first-order valence-electron chi connectivity index (χ1n) is 9.55. The molecule has 0 aliphatic rings. The minimum Gasteiger partial charge on any atom is -0.357 e. The molecule has 3 rings (SSSR count). The molecule has 162 valence electrons. The predicted molar refractivity (Wildman–Crippen MR) is 135 cm³/mol. The molecule has 30 heavy (non-hydrogen) atoms. The summed E-state index contributed by atoms with van der Waals surface area (Å²) in [5, 5.41) is 7.70. The first-order valence-corrected chi connectivity index (χ1v) is 10.3. The molecule has 0 unspecified atom stereocenters. The number of aliphatic imine (C=N–C) groups is 1. The Hall–Kier alpha value is -1.71. The van der Waals surface area contributed by atoms with Gasteiger partial charge in [0.25, 0.3) is 0 Å². The Kier molecular flexibility index (Phi) is 9.51. The lowest BCUT2D eigenvalue weighted by Gasteiger charge is -2.12. The number of nitrogens with one attached hydrogen (secondary N) is 2. The first-order chi connectivity index (χ1) is 14.0. The molecule has 0 amide bonds. The van der Waals surface area contributed by atoms with E-state index < -0.39 is 0 Å². The first kappa shape index (κ1) is 24.6. The van der Waals surface area contributed by atoms with Crippen molar-refractivity contribution in [2.45, 2.75) is 33.5 Å². The van der Waals surface area contributed by atoms with Gasteiger partial charge in [0, 0.05) is 38.2 Å². The van der Waals surface area contributed by atoms with Gasteiger partial charge in [0.1, 0.15) is 11.0 Å². The van der Waals surface area contributed by atoms with Crippen molar-refractivity contribution in [1.82, 2.24) is 24.8 Å². The van der Waals surface area contributed by atoms with E-state index in [1.54, 1.807) is 0 Å². The summed E-state index contributed by atoms with van der Waals surface area (Å²) in [5.74, 6) is 1.75. The Morgan fingerprint density at radius 1 is 1.17 bits per heavy atom. The molecule has 1 aromatic carbocycles. The summed E-state index contributed by atoms with van der Waals surface area (Å²) in [6.45, 7) is 6.80. The predicted octanol–water partition coefficient (Wildman–Crippen LogP) is 4.76. The third-order valence-electron chi connectivity index (χ3n) is 4.68. The summed E-state index contributed by atoms with van der Waals surface area (Å²) in [6.07, 6.45) is 3.82. The number of nitrogens with zero attached hydrogens (tertiary/aromatic N) is 4. The van der Waals surface area contributed by atoms with Crippen molar-refractivity contribution in [2.24, 2.45) is 12.0 Å². The molecule has 2 heterocycles. The molecule has 0 saturated carbocycles. The molecule has 0 bridgehead atoms. The van der Waals surface area contributed by atoms with Gasteiger partial charge < -0.3 is 19.8 Å². The van der Waals surface area contributed by atoms with Crippen LogP contribution in [0.15, 0.2) is 47.7 Å². The van der Waals surface area contributed by atoms with Crippen LogP contribution >= 0.6 is 47.2 Å². The molecule has 0 spiro atoms. The van der Waals surface area contributed by atoms with Crippen LogP contribution < -0.4 is 10.6 Å². The molecular formula is C21H27Cl2IN6. The van der Waals surface area contributed by atoms with Gasteiger partial charge in [-0.1, -0.05) is 47.5 Å². The maximum atomic E-state index is 6.14. The number of imidazole rings is 1. The third-order valence-corrected chi connectivity index (χ3v) is 5.53. The molecule has 9 heteroatoms. The van der Waals surface area contributed by atoms with E-state index in [4.69, 9.17) is 28.2 Å². The summed E-state index contributed by atoms with van der Waals surface area (Å²) in [6, 6.07) is 10.3. The van der Waals surface area contributed by atoms with Gasteiger partial charge in [-0.2, -0.15) is 0 Å². The maximum Gasteiger partial charge on any atom is 0.191 e. The van der Waals surface area contributed by atoms with Crippen molar-refractivity contribution in [3.63, 3.8) is 0 Å². The number of guanidine groups is 1. The highest BCUT2D eigenvalue weighted by Crippen LogP contribution is 2.24. The molecule has 0 aliphatic carbocycles. The van der Waals surface area contributed by atoms with Crippen molar-refractivity contribution in [3.05, 3.63) is 75.5 Å². The molecule has 2 aromatic heterocycles. The van der Waals surface area contributed by atoms with E-state index in [1.807, 2.05) is 43.9 Å². The summed E-state index contributed by atoms with van der Waals surface area (Å²) in [4.78, 5) is 8.99. The van der Waals surface area contributed by atoms with Crippen LogP contribution in [0.1, 0.15) is 29.6 Å². The molecule has 0 saturated heterocycles. The van der Waals surface area contributed by atoms with Gasteiger partial charge in [-0.15, -0.1) is 24.0 Å². The molecule has 0 fully saturated rings. The Labute approximate surface area is 204 Å². The fourth-order valence-corrected chi connectivity index (χ4v) is 3.45. The Morgan fingerprint density at radius 3 is 2.57 bits per heavy atom. The lowest BCUT2D eigenvalue weighted by atomic mass is 10.1. The second-order valence-electron chi connectivity index (χ2n) is 6.80. The van der Waals surface area contributed by atoms with Crippen LogP contribution in [0.3, 0.4) is 0 Å². The van der Waals surface area contributed by atoms with Crippen molar-refractivity contribution in [2.75, 3.05) is 6.54 Å². The number of benzene rings is 1. The zero-order valence-corrected chi connectivity index (χ0v) is 21.2. The van der Waals surface area contributed by atoms with Gasteiger partial charge in [-0.25, -0.2) is 9.98 Å². The van der Waals surface area contributed by atoms with Crippen LogP contribution in [0.5, 0.6) is 0 Å². The highest BCUT2D eigenvalue weighted by Gasteiger charge is 2.09. The van der Waals surface area contributed by atoms with Crippen LogP contribution in [0.25, 0.3) is 0 Å². The molecule has 3 aromatic rings. The lowest BCUT2D eigenvalue weighted by Crippen LogP contribution is -2.37. The van der Waals surface area contributed by atoms with Gasteiger partial charge in [-0.05, 0) is 31.0 Å². The second kappa shape index (κ2) is 11.6. The van der Waals surface area contributed by atoms with Crippen LogP contribution in [0, 0.1) is 6.92 Å². The zero-order chi connectivity index (χ0) is 20.8. The fourth-order valence-electron chi connectivity index (χ4n) is 3.04. The number of aromatic nitrogens is 3. The van der Waals surface area contributed by atoms with E-state index in [2.05, 4.69) is 44.5 Å². The highest BCUT2D eigenvalue weighted by molar-refractivity contribution is 14.0. The SMILES string of the molecule is CCNC(=NCc1cccc(Cn2ccnc2C)c1)NCc1cc(Cl)c(Cl)n1C.I. The normalized spacial score (nSPS) is 11.3.